The van der Waals surface area contributed by atoms with Crippen LogP contribution in [0.1, 0.15) is 47.6 Å². The van der Waals surface area contributed by atoms with E-state index in [1.54, 1.807) is 19.9 Å². The Kier molecular flexibility index (Phi) is 11.4. The van der Waals surface area contributed by atoms with Crippen LogP contribution < -0.4 is 31.6 Å². The van der Waals surface area contributed by atoms with E-state index < -0.39 is 41.6 Å². The van der Waals surface area contributed by atoms with Gasteiger partial charge in [-0.25, -0.2) is 34.3 Å². The molecule has 22 heteroatoms. The normalized spacial score (nSPS) is 13.1. The highest BCUT2D eigenvalue weighted by Gasteiger charge is 2.36. The second-order valence-corrected chi connectivity index (χ2v) is 13.0. The van der Waals surface area contributed by atoms with Gasteiger partial charge in [-0.2, -0.15) is 33.1 Å². The fourth-order valence-corrected chi connectivity index (χ4v) is 5.94. The number of alkyl halides is 3. The molecule has 0 saturated carbocycles. The van der Waals surface area contributed by atoms with Crippen LogP contribution in [-0.2, 0) is 11.8 Å². The first-order chi connectivity index (χ1) is 27.5. The van der Waals surface area contributed by atoms with E-state index in [2.05, 4.69) is 60.5 Å². The molecule has 6 aromatic heterocycles. The molecule has 18 nitrogen and oxygen atoms in total. The Morgan fingerprint density at radius 2 is 1.26 bits per heavy atom. The Bertz CT molecular complexity index is 2430. The van der Waals surface area contributed by atoms with E-state index in [4.69, 9.17) is 20.9 Å². The van der Waals surface area contributed by atoms with E-state index in [0.717, 1.165) is 25.4 Å². The molecule has 6 heterocycles. The van der Waals surface area contributed by atoms with Gasteiger partial charge in [0.25, 0.3) is 0 Å². The summed E-state index contributed by atoms with van der Waals surface area (Å²) in [6, 6.07) is 5.10. The minimum absolute atomic E-state index is 0.000797. The molecule has 0 saturated heterocycles. The molecule has 0 aliphatic heterocycles. The van der Waals surface area contributed by atoms with Gasteiger partial charge in [0.15, 0.2) is 17.5 Å². The van der Waals surface area contributed by atoms with Crippen molar-refractivity contribution in [3.05, 3.63) is 83.2 Å². The number of nitrogens with two attached hydrogens (primary N) is 2. The van der Waals surface area contributed by atoms with Gasteiger partial charge in [-0.1, -0.05) is 0 Å². The highest BCUT2D eigenvalue weighted by molar-refractivity contribution is 5.77. The highest BCUT2D eigenvalue weighted by atomic mass is 19.4. The number of aliphatic hydroxyl groups excluding tert-OH is 1. The van der Waals surface area contributed by atoms with E-state index in [9.17, 15) is 27.8 Å². The maximum Gasteiger partial charge on any atom is 0.421 e. The van der Waals surface area contributed by atoms with Gasteiger partial charge in [-0.15, -0.1) is 0 Å². The molecule has 2 unspecified atom stereocenters. The van der Waals surface area contributed by atoms with Gasteiger partial charge in [0.2, 0.25) is 23.7 Å². The van der Waals surface area contributed by atoms with E-state index >= 15 is 0 Å². The van der Waals surface area contributed by atoms with Crippen molar-refractivity contribution >= 4 is 34.9 Å². The van der Waals surface area contributed by atoms with Gasteiger partial charge in [0.05, 0.1) is 61.3 Å². The number of anilines is 6. The molecule has 0 radical (unpaired) electrons. The van der Waals surface area contributed by atoms with Crippen molar-refractivity contribution in [2.75, 3.05) is 42.9 Å². The zero-order valence-corrected chi connectivity index (χ0v) is 31.5. The van der Waals surface area contributed by atoms with E-state index in [0.29, 0.717) is 17.0 Å². The molecular weight excluding hydrogens is 768 g/mol. The zero-order chi connectivity index (χ0) is 41.9. The minimum Gasteiger partial charge on any atom is -0.481 e. The van der Waals surface area contributed by atoms with Crippen LogP contribution in [0, 0.1) is 19.7 Å². The van der Waals surface area contributed by atoms with Gasteiger partial charge in [0.1, 0.15) is 28.8 Å². The van der Waals surface area contributed by atoms with E-state index in [1.165, 1.54) is 38.7 Å². The summed E-state index contributed by atoms with van der Waals surface area (Å²) in [7, 11) is 2.36. The molecule has 6 rings (SSSR count). The molecule has 0 spiro atoms. The first-order valence-corrected chi connectivity index (χ1v) is 17.1. The van der Waals surface area contributed by atoms with Crippen LogP contribution in [0.15, 0.2) is 49.1 Å². The first-order valence-electron chi connectivity index (χ1n) is 17.1. The summed E-state index contributed by atoms with van der Waals surface area (Å²) in [5.74, 6) is -1.70. The van der Waals surface area contributed by atoms with Crippen molar-refractivity contribution in [2.45, 2.75) is 44.9 Å². The summed E-state index contributed by atoms with van der Waals surface area (Å²) >= 11 is 0. The molecule has 0 bridgehead atoms. The second-order valence-electron chi connectivity index (χ2n) is 13.0. The summed E-state index contributed by atoms with van der Waals surface area (Å²) in [5.41, 5.74) is 10.3. The molecule has 0 aliphatic carbocycles. The van der Waals surface area contributed by atoms with E-state index in [1.807, 2.05) is 0 Å². The van der Waals surface area contributed by atoms with Crippen LogP contribution in [0.2, 0.25) is 0 Å². The number of halogens is 4. The van der Waals surface area contributed by atoms with Gasteiger partial charge < -0.3 is 41.8 Å². The lowest BCUT2D eigenvalue weighted by Crippen LogP contribution is -2.26. The smallest absolute Gasteiger partial charge is 0.421 e. The predicted molar refractivity (Wildman–Crippen MR) is 202 cm³/mol. The Morgan fingerprint density at radius 3 is 1.78 bits per heavy atom. The summed E-state index contributed by atoms with van der Waals surface area (Å²) in [4.78, 5) is 42.0. The van der Waals surface area contributed by atoms with Gasteiger partial charge >= 0.3 is 6.18 Å². The molecule has 0 fully saturated rings. The lowest BCUT2D eigenvalue weighted by molar-refractivity contribution is -0.139. The predicted octanol–water partition coefficient (Wildman–Crippen LogP) is 4.79. The Hall–Kier alpha value is -6.94. The fourth-order valence-electron chi connectivity index (χ4n) is 5.94. The fraction of sp³-hybridized carbons (Fsp3) is 0.278. The van der Waals surface area contributed by atoms with Crippen molar-refractivity contribution in [2.24, 2.45) is 0 Å². The summed E-state index contributed by atoms with van der Waals surface area (Å²) in [6.07, 6.45) is 0.339. The number of nitrogens with zero attached hydrogens (tertiary/aromatic N) is 10. The van der Waals surface area contributed by atoms with E-state index in [-0.39, 0.29) is 75.8 Å². The van der Waals surface area contributed by atoms with Crippen LogP contribution >= 0.6 is 0 Å². The Morgan fingerprint density at radius 1 is 0.724 bits per heavy atom. The number of methoxy groups -OCH3 is 2. The van der Waals surface area contributed by atoms with Crippen molar-refractivity contribution in [3.8, 4) is 34.5 Å². The van der Waals surface area contributed by atoms with Crippen molar-refractivity contribution < 1.29 is 37.2 Å². The number of hydrogen-bond acceptors (Lipinski definition) is 18. The zero-order valence-electron chi connectivity index (χ0n) is 31.5. The van der Waals surface area contributed by atoms with Crippen LogP contribution in [0.25, 0.3) is 22.8 Å². The molecule has 0 amide bonds. The number of nitrogens with one attached hydrogen (secondary N) is 2. The standard InChI is InChI=1S/C36H36F4N14O4/c1-16-47-29(53-33(41)49-16)23-6-18(11-43-27(23)52-22-9-26(37)32(58-5)46-14-22)19(15-55)10-35(3,56)20-7-24(30-48-17(2)50-34(42)54-30)28(44-12-20)51-21-8-25(36(38,39)40)31(57-4)45-13-21/h6-9,11-14,19,55-56H,10,15H2,1-5H3,(H,43,52)(H,44,51)(H2,41,47,49,53)(H2,42,48,50,54). The number of rotatable bonds is 13. The third-order valence-corrected chi connectivity index (χ3v) is 8.64. The first kappa shape index (κ1) is 40.7. The number of pyridine rings is 4. The Labute approximate surface area is 327 Å². The molecular formula is C36H36F4N14O4. The lowest BCUT2D eigenvalue weighted by Gasteiger charge is -2.29. The summed E-state index contributed by atoms with van der Waals surface area (Å²) < 4.78 is 65.7. The molecule has 2 atom stereocenters. The van der Waals surface area contributed by atoms with Crippen LogP contribution in [0.4, 0.5) is 52.5 Å². The van der Waals surface area contributed by atoms with Crippen molar-refractivity contribution in [1.82, 2.24) is 49.8 Å². The largest absolute Gasteiger partial charge is 0.481 e. The van der Waals surface area contributed by atoms with Gasteiger partial charge in [-0.3, -0.25) is 0 Å². The maximum atomic E-state index is 14.5. The SMILES string of the molecule is COc1ncc(Nc2ncc(C(CO)CC(C)(O)c3cnc(Nc4cnc(OC)c(C(F)(F)F)c4)c(-c4nc(C)nc(N)n4)c3)cc2-c2nc(C)nc(N)n2)cc1F. The van der Waals surface area contributed by atoms with Crippen LogP contribution in [0.5, 0.6) is 11.8 Å². The third kappa shape index (κ3) is 9.02. The number of aliphatic hydroxyl groups is 2. The average molecular weight is 805 g/mol. The topological polar surface area (TPSA) is 264 Å². The molecule has 6 aromatic rings. The van der Waals surface area contributed by atoms with Crippen LogP contribution in [0.3, 0.4) is 0 Å². The lowest BCUT2D eigenvalue weighted by atomic mass is 9.83. The summed E-state index contributed by atoms with van der Waals surface area (Å²) in [5, 5.41) is 28.6. The van der Waals surface area contributed by atoms with Gasteiger partial charge in [0, 0.05) is 29.9 Å². The monoisotopic (exact) mass is 804 g/mol. The summed E-state index contributed by atoms with van der Waals surface area (Å²) in [6.45, 7) is 4.21. The molecule has 58 heavy (non-hydrogen) atoms. The minimum atomic E-state index is -4.78. The molecule has 302 valence electrons. The number of ether oxygens (including phenoxy) is 2. The number of nitrogen functional groups attached to an aromatic ring is 2. The number of aryl methyl sites for hydroxylation is 2. The van der Waals surface area contributed by atoms with Crippen LogP contribution in [-0.4, -0.2) is 80.9 Å². The van der Waals surface area contributed by atoms with Gasteiger partial charge in [-0.05, 0) is 51.0 Å². The molecule has 8 N–H and O–H groups in total. The molecule has 0 aromatic carbocycles. The molecule has 0 aliphatic rings. The number of hydrogen-bond donors (Lipinski definition) is 6. The quantitative estimate of drug-likeness (QED) is 0.0857. The third-order valence-electron chi connectivity index (χ3n) is 8.64. The average Bonchev–Trinajstić information content (AvgIpc) is 3.16. The van der Waals surface area contributed by atoms with Crippen molar-refractivity contribution in [3.63, 3.8) is 0 Å². The Balaban J connectivity index is 1.38. The maximum absolute atomic E-state index is 14.5. The van der Waals surface area contributed by atoms with Crippen molar-refractivity contribution in [1.29, 1.82) is 0 Å². The second kappa shape index (κ2) is 16.3. The highest BCUT2D eigenvalue weighted by Crippen LogP contribution is 2.40. The number of aromatic nitrogens is 10.